The highest BCUT2D eigenvalue weighted by atomic mass is 32.1. The third-order valence-corrected chi connectivity index (χ3v) is 7.05. The number of phenolic OH excluding ortho intramolecular Hbond substituents is 1. The maximum atomic E-state index is 13.0. The first-order valence-corrected chi connectivity index (χ1v) is 9.32. The standard InChI is InChI=1S/C18H20N2O2S/c21-13-1-2-14-15(6-13)23-17(19-14)20-16(22)18-7-10-3-11(8-18)5-12(4-10)9-18/h1-2,6,10-12,21H,3-5,7-9H2,(H,19,20,22). The quantitative estimate of drug-likeness (QED) is 0.870. The van der Waals surface area contributed by atoms with Gasteiger partial charge in [-0.1, -0.05) is 11.3 Å². The number of hydrogen-bond donors (Lipinski definition) is 2. The van der Waals surface area contributed by atoms with Crippen LogP contribution in [-0.4, -0.2) is 16.0 Å². The van der Waals surface area contributed by atoms with Crippen molar-refractivity contribution in [1.29, 1.82) is 0 Å². The summed E-state index contributed by atoms with van der Waals surface area (Å²) >= 11 is 1.44. The topological polar surface area (TPSA) is 62.2 Å². The van der Waals surface area contributed by atoms with Gasteiger partial charge in [0.2, 0.25) is 5.91 Å². The van der Waals surface area contributed by atoms with Gasteiger partial charge in [-0.25, -0.2) is 4.98 Å². The Hall–Kier alpha value is -1.62. The molecule has 0 radical (unpaired) electrons. The summed E-state index contributed by atoms with van der Waals surface area (Å²) < 4.78 is 0.908. The molecule has 0 unspecified atom stereocenters. The van der Waals surface area contributed by atoms with Crippen LogP contribution in [0.15, 0.2) is 18.2 Å². The predicted molar refractivity (Wildman–Crippen MR) is 90.5 cm³/mol. The lowest BCUT2D eigenvalue weighted by Gasteiger charge is -2.55. The zero-order valence-corrected chi connectivity index (χ0v) is 13.7. The van der Waals surface area contributed by atoms with Crippen molar-refractivity contribution in [3.8, 4) is 5.75 Å². The average Bonchev–Trinajstić information content (AvgIpc) is 2.87. The van der Waals surface area contributed by atoms with Crippen molar-refractivity contribution < 1.29 is 9.90 Å². The Kier molecular flexibility index (Phi) is 2.81. The number of nitrogens with one attached hydrogen (secondary N) is 1. The van der Waals surface area contributed by atoms with Crippen LogP contribution in [0.25, 0.3) is 10.2 Å². The van der Waals surface area contributed by atoms with Gasteiger partial charge >= 0.3 is 0 Å². The number of aromatic hydroxyl groups is 1. The summed E-state index contributed by atoms with van der Waals surface area (Å²) in [6, 6.07) is 5.13. The number of thiazole rings is 1. The van der Waals surface area contributed by atoms with Crippen molar-refractivity contribution in [2.45, 2.75) is 38.5 Å². The van der Waals surface area contributed by atoms with Crippen molar-refractivity contribution >= 4 is 32.6 Å². The molecule has 1 aromatic carbocycles. The fourth-order valence-electron chi connectivity index (χ4n) is 5.59. The van der Waals surface area contributed by atoms with Crippen LogP contribution in [0, 0.1) is 23.2 Å². The monoisotopic (exact) mass is 328 g/mol. The zero-order valence-electron chi connectivity index (χ0n) is 12.9. The minimum Gasteiger partial charge on any atom is -0.508 e. The second-order valence-corrected chi connectivity index (χ2v) is 8.85. The number of amides is 1. The summed E-state index contributed by atoms with van der Waals surface area (Å²) in [5.41, 5.74) is 0.683. The highest BCUT2D eigenvalue weighted by Crippen LogP contribution is 2.60. The molecule has 1 aromatic heterocycles. The van der Waals surface area contributed by atoms with Crippen LogP contribution < -0.4 is 5.32 Å². The number of benzene rings is 1. The predicted octanol–water partition coefficient (Wildman–Crippen LogP) is 4.16. The van der Waals surface area contributed by atoms with Gasteiger partial charge in [0, 0.05) is 0 Å². The zero-order chi connectivity index (χ0) is 15.6. The minimum atomic E-state index is -0.144. The number of carbonyl (C=O) groups is 1. The summed E-state index contributed by atoms with van der Waals surface area (Å²) in [4.78, 5) is 17.5. The van der Waals surface area contributed by atoms with E-state index in [0.29, 0.717) is 5.13 Å². The van der Waals surface area contributed by atoms with Crippen LogP contribution in [0.5, 0.6) is 5.75 Å². The van der Waals surface area contributed by atoms with E-state index in [1.54, 1.807) is 18.2 Å². The smallest absolute Gasteiger partial charge is 0.232 e. The van der Waals surface area contributed by atoms with E-state index in [1.165, 1.54) is 30.6 Å². The Morgan fingerprint density at radius 3 is 2.48 bits per heavy atom. The SMILES string of the molecule is O=C(Nc1nc2ccc(O)cc2s1)C12CC3CC(CC(C3)C1)C2. The molecule has 4 bridgehead atoms. The molecule has 0 aliphatic heterocycles. The molecule has 2 aromatic rings. The molecule has 1 amide bonds. The molecule has 23 heavy (non-hydrogen) atoms. The van der Waals surface area contributed by atoms with Gasteiger partial charge < -0.3 is 10.4 Å². The molecule has 1 heterocycles. The number of hydrogen-bond acceptors (Lipinski definition) is 4. The Morgan fingerprint density at radius 1 is 1.17 bits per heavy atom. The molecule has 0 atom stereocenters. The number of fused-ring (bicyclic) bond motifs is 1. The number of aromatic nitrogens is 1. The summed E-state index contributed by atoms with van der Waals surface area (Å²) in [6.07, 6.45) is 7.22. The Bertz CT molecular complexity index is 762. The van der Waals surface area contributed by atoms with Gasteiger partial charge in [0.15, 0.2) is 5.13 Å². The van der Waals surface area contributed by atoms with Gasteiger partial charge in [0.25, 0.3) is 0 Å². The van der Waals surface area contributed by atoms with Crippen LogP contribution in [0.2, 0.25) is 0 Å². The first kappa shape index (κ1) is 13.8. The minimum absolute atomic E-state index is 0.144. The molecule has 2 N–H and O–H groups in total. The van der Waals surface area contributed by atoms with E-state index in [4.69, 9.17) is 0 Å². The van der Waals surface area contributed by atoms with E-state index in [9.17, 15) is 9.90 Å². The largest absolute Gasteiger partial charge is 0.508 e. The molecule has 4 fully saturated rings. The van der Waals surface area contributed by atoms with E-state index in [2.05, 4.69) is 10.3 Å². The molecule has 0 saturated heterocycles. The van der Waals surface area contributed by atoms with Crippen LogP contribution in [0.1, 0.15) is 38.5 Å². The lowest BCUT2D eigenvalue weighted by Crippen LogP contribution is -2.51. The van der Waals surface area contributed by atoms with E-state index in [0.717, 1.165) is 47.2 Å². The van der Waals surface area contributed by atoms with Crippen molar-refractivity contribution in [3.05, 3.63) is 18.2 Å². The fourth-order valence-corrected chi connectivity index (χ4v) is 6.48. The van der Waals surface area contributed by atoms with Gasteiger partial charge in [-0.15, -0.1) is 0 Å². The maximum Gasteiger partial charge on any atom is 0.232 e. The van der Waals surface area contributed by atoms with Crippen molar-refractivity contribution in [2.24, 2.45) is 23.2 Å². The van der Waals surface area contributed by atoms with Crippen molar-refractivity contribution in [3.63, 3.8) is 0 Å². The summed E-state index contributed by atoms with van der Waals surface area (Å²) in [5.74, 6) is 2.71. The number of nitrogens with zero attached hydrogens (tertiary/aromatic N) is 1. The molecule has 120 valence electrons. The Labute approximate surface area is 138 Å². The van der Waals surface area contributed by atoms with E-state index in [1.807, 2.05) is 0 Å². The molecule has 0 spiro atoms. The Balaban J connectivity index is 1.42. The Morgan fingerprint density at radius 2 is 1.83 bits per heavy atom. The maximum absolute atomic E-state index is 13.0. The second-order valence-electron chi connectivity index (χ2n) is 7.82. The van der Waals surface area contributed by atoms with Gasteiger partial charge in [0.05, 0.1) is 15.6 Å². The third-order valence-electron chi connectivity index (χ3n) is 6.11. The molecule has 5 heteroatoms. The number of carbonyl (C=O) groups excluding carboxylic acids is 1. The van der Waals surface area contributed by atoms with Gasteiger partial charge in [-0.3, -0.25) is 4.79 Å². The van der Waals surface area contributed by atoms with Crippen LogP contribution in [-0.2, 0) is 4.79 Å². The van der Waals surface area contributed by atoms with Gasteiger partial charge in [0.1, 0.15) is 5.75 Å². The van der Waals surface area contributed by atoms with Crippen LogP contribution >= 0.6 is 11.3 Å². The van der Waals surface area contributed by atoms with E-state index >= 15 is 0 Å². The van der Waals surface area contributed by atoms with Crippen LogP contribution in [0.4, 0.5) is 5.13 Å². The number of anilines is 1. The lowest BCUT2D eigenvalue weighted by atomic mass is 9.49. The highest BCUT2D eigenvalue weighted by molar-refractivity contribution is 7.22. The van der Waals surface area contributed by atoms with Gasteiger partial charge in [-0.2, -0.15) is 0 Å². The fraction of sp³-hybridized carbons (Fsp3) is 0.556. The molecular formula is C18H20N2O2S. The lowest BCUT2D eigenvalue weighted by molar-refractivity contribution is -0.140. The van der Waals surface area contributed by atoms with Gasteiger partial charge in [-0.05, 0) is 74.5 Å². The number of phenols is 1. The molecule has 4 nitrogen and oxygen atoms in total. The van der Waals surface area contributed by atoms with Crippen molar-refractivity contribution in [1.82, 2.24) is 4.98 Å². The first-order chi connectivity index (χ1) is 11.1. The number of rotatable bonds is 2. The molecular weight excluding hydrogens is 308 g/mol. The van der Waals surface area contributed by atoms with E-state index in [-0.39, 0.29) is 17.1 Å². The highest BCUT2D eigenvalue weighted by Gasteiger charge is 2.54. The molecule has 4 saturated carbocycles. The summed E-state index contributed by atoms with van der Waals surface area (Å²) in [5, 5.41) is 13.3. The van der Waals surface area contributed by atoms with Crippen LogP contribution in [0.3, 0.4) is 0 Å². The third kappa shape index (κ3) is 2.17. The summed E-state index contributed by atoms with van der Waals surface area (Å²) in [6.45, 7) is 0. The normalized spacial score (nSPS) is 34.9. The summed E-state index contributed by atoms with van der Waals surface area (Å²) in [7, 11) is 0. The molecule has 4 aliphatic carbocycles. The van der Waals surface area contributed by atoms with Crippen molar-refractivity contribution in [2.75, 3.05) is 5.32 Å². The molecule has 6 rings (SSSR count). The second kappa shape index (κ2) is 4.69. The first-order valence-electron chi connectivity index (χ1n) is 8.51. The average molecular weight is 328 g/mol. The van der Waals surface area contributed by atoms with E-state index < -0.39 is 0 Å². The molecule has 4 aliphatic rings.